The molecule has 1 aliphatic heterocycles. The normalized spacial score (nSPS) is 19.6. The van der Waals surface area contributed by atoms with Crippen LogP contribution in [0.2, 0.25) is 0 Å². The van der Waals surface area contributed by atoms with E-state index >= 15 is 0 Å². The number of carbonyl (C=O) groups is 1. The van der Waals surface area contributed by atoms with Crippen molar-refractivity contribution in [3.05, 3.63) is 24.0 Å². The summed E-state index contributed by atoms with van der Waals surface area (Å²) in [6, 6.07) is 3.78. The molecule has 7 nitrogen and oxygen atoms in total. The lowest BCUT2D eigenvalue weighted by atomic mass is 9.99. The van der Waals surface area contributed by atoms with Crippen LogP contribution in [0.4, 0.5) is 0 Å². The van der Waals surface area contributed by atoms with Crippen LogP contribution in [0.3, 0.4) is 0 Å². The van der Waals surface area contributed by atoms with Crippen molar-refractivity contribution in [2.24, 2.45) is 0 Å². The summed E-state index contributed by atoms with van der Waals surface area (Å²) < 4.78 is 14.8. The Kier molecular flexibility index (Phi) is 4.45. The molecule has 7 heteroatoms. The Morgan fingerprint density at radius 2 is 2.21 bits per heavy atom. The zero-order valence-corrected chi connectivity index (χ0v) is 14.7. The van der Waals surface area contributed by atoms with Crippen LogP contribution < -0.4 is 0 Å². The standard InChI is InChI=1S/C17H24N4O3/c1-5-20-13(7-9-18-20)14-11-12(16(22)23-6-2)19-21(14)15-8-10-24-17(15,3)4/h7,9,11,15H,5-6,8,10H2,1-4H3. The molecule has 0 aliphatic carbocycles. The molecule has 3 rings (SSSR count). The van der Waals surface area contributed by atoms with Gasteiger partial charge in [-0.25, -0.2) is 4.79 Å². The summed E-state index contributed by atoms with van der Waals surface area (Å²) >= 11 is 0. The summed E-state index contributed by atoms with van der Waals surface area (Å²) in [6.07, 6.45) is 2.61. The van der Waals surface area contributed by atoms with Crippen molar-refractivity contribution >= 4 is 5.97 Å². The van der Waals surface area contributed by atoms with Gasteiger partial charge in [0.15, 0.2) is 5.69 Å². The number of aryl methyl sites for hydroxylation is 1. The van der Waals surface area contributed by atoms with E-state index in [0.29, 0.717) is 18.9 Å². The van der Waals surface area contributed by atoms with Crippen LogP contribution in [-0.2, 0) is 16.0 Å². The molecule has 0 saturated carbocycles. The number of carbonyl (C=O) groups excluding carboxylic acids is 1. The van der Waals surface area contributed by atoms with Crippen molar-refractivity contribution in [3.63, 3.8) is 0 Å². The van der Waals surface area contributed by atoms with Gasteiger partial charge >= 0.3 is 5.97 Å². The summed E-state index contributed by atoms with van der Waals surface area (Å²) in [5.41, 5.74) is 1.77. The van der Waals surface area contributed by atoms with Crippen molar-refractivity contribution in [1.82, 2.24) is 19.6 Å². The van der Waals surface area contributed by atoms with E-state index in [4.69, 9.17) is 9.47 Å². The van der Waals surface area contributed by atoms with E-state index in [2.05, 4.69) is 24.0 Å². The first-order valence-electron chi connectivity index (χ1n) is 8.40. The van der Waals surface area contributed by atoms with Gasteiger partial charge < -0.3 is 9.47 Å². The second-order valence-electron chi connectivity index (χ2n) is 6.37. The highest BCUT2D eigenvalue weighted by atomic mass is 16.5. The zero-order chi connectivity index (χ0) is 17.3. The summed E-state index contributed by atoms with van der Waals surface area (Å²) in [4.78, 5) is 12.2. The van der Waals surface area contributed by atoms with E-state index < -0.39 is 5.97 Å². The minimum Gasteiger partial charge on any atom is -0.461 e. The molecule has 24 heavy (non-hydrogen) atoms. The summed E-state index contributed by atoms with van der Waals surface area (Å²) in [5, 5.41) is 8.89. The first-order chi connectivity index (χ1) is 11.5. The fraction of sp³-hybridized carbons (Fsp3) is 0.588. The maximum Gasteiger partial charge on any atom is 0.358 e. The highest BCUT2D eigenvalue weighted by Gasteiger charge is 2.39. The SMILES string of the molecule is CCOC(=O)c1cc(-c2ccnn2CC)n(C2CCOC2(C)C)n1. The second kappa shape index (κ2) is 6.39. The molecule has 130 valence electrons. The van der Waals surface area contributed by atoms with Crippen molar-refractivity contribution < 1.29 is 14.3 Å². The average molecular weight is 332 g/mol. The molecule has 1 atom stereocenters. The van der Waals surface area contributed by atoms with Crippen molar-refractivity contribution in [1.29, 1.82) is 0 Å². The van der Waals surface area contributed by atoms with Gasteiger partial charge in [-0.15, -0.1) is 0 Å². The van der Waals surface area contributed by atoms with Gasteiger partial charge in [-0.1, -0.05) is 0 Å². The van der Waals surface area contributed by atoms with Crippen molar-refractivity contribution in [2.45, 2.75) is 52.3 Å². The van der Waals surface area contributed by atoms with Crippen LogP contribution in [0.5, 0.6) is 0 Å². The molecule has 2 aromatic heterocycles. The largest absolute Gasteiger partial charge is 0.461 e. The molecule has 1 saturated heterocycles. The van der Waals surface area contributed by atoms with E-state index in [9.17, 15) is 4.79 Å². The first-order valence-corrected chi connectivity index (χ1v) is 8.40. The molecule has 0 aromatic carbocycles. The van der Waals surface area contributed by atoms with Gasteiger partial charge in [0, 0.05) is 25.4 Å². The van der Waals surface area contributed by atoms with Crippen LogP contribution in [0.25, 0.3) is 11.4 Å². The minimum absolute atomic E-state index is 0.0517. The summed E-state index contributed by atoms with van der Waals surface area (Å²) in [5.74, 6) is -0.406. The topological polar surface area (TPSA) is 71.2 Å². The molecule has 0 bridgehead atoms. The number of esters is 1. The minimum atomic E-state index is -0.406. The molecule has 0 spiro atoms. The van der Waals surface area contributed by atoms with Crippen molar-refractivity contribution in [2.75, 3.05) is 13.2 Å². The molecule has 1 unspecified atom stereocenters. The van der Waals surface area contributed by atoms with E-state index in [0.717, 1.165) is 24.4 Å². The van der Waals surface area contributed by atoms with Crippen LogP contribution in [0, 0.1) is 0 Å². The predicted octanol–water partition coefficient (Wildman–Crippen LogP) is 2.68. The Labute approximate surface area is 141 Å². The van der Waals surface area contributed by atoms with E-state index in [1.807, 2.05) is 22.4 Å². The maximum absolute atomic E-state index is 12.2. The molecule has 1 fully saturated rings. The van der Waals surface area contributed by atoms with E-state index in [1.54, 1.807) is 19.2 Å². The highest BCUT2D eigenvalue weighted by Crippen LogP contribution is 2.38. The van der Waals surface area contributed by atoms with Crippen LogP contribution >= 0.6 is 0 Å². The summed E-state index contributed by atoms with van der Waals surface area (Å²) in [6.45, 7) is 9.67. The van der Waals surface area contributed by atoms with E-state index in [-0.39, 0.29) is 11.6 Å². The van der Waals surface area contributed by atoms with Gasteiger partial charge in [0.25, 0.3) is 0 Å². The number of ether oxygens (including phenoxy) is 2. The van der Waals surface area contributed by atoms with Crippen molar-refractivity contribution in [3.8, 4) is 11.4 Å². The fourth-order valence-corrected chi connectivity index (χ4v) is 3.22. The third-order valence-electron chi connectivity index (χ3n) is 4.46. The van der Waals surface area contributed by atoms with Gasteiger partial charge in [0.05, 0.1) is 29.6 Å². The lowest BCUT2D eigenvalue weighted by Crippen LogP contribution is -2.31. The molecule has 0 N–H and O–H groups in total. The third-order valence-corrected chi connectivity index (χ3v) is 4.46. The second-order valence-corrected chi connectivity index (χ2v) is 6.37. The molecule has 2 aromatic rings. The monoisotopic (exact) mass is 332 g/mol. The lowest BCUT2D eigenvalue weighted by molar-refractivity contribution is 0.0119. The number of aromatic nitrogens is 4. The molecular weight excluding hydrogens is 308 g/mol. The number of rotatable bonds is 5. The Morgan fingerprint density at radius 3 is 2.83 bits per heavy atom. The Hall–Kier alpha value is -2.15. The number of hydrogen-bond acceptors (Lipinski definition) is 5. The Balaban J connectivity index is 2.10. The Bertz CT molecular complexity index is 732. The van der Waals surface area contributed by atoms with Crippen LogP contribution in [-0.4, -0.2) is 44.3 Å². The third kappa shape index (κ3) is 2.84. The van der Waals surface area contributed by atoms with Gasteiger partial charge in [-0.2, -0.15) is 10.2 Å². The average Bonchev–Trinajstić information content (AvgIpc) is 3.23. The van der Waals surface area contributed by atoms with Gasteiger partial charge in [0.2, 0.25) is 0 Å². The zero-order valence-electron chi connectivity index (χ0n) is 14.7. The maximum atomic E-state index is 12.2. The smallest absolute Gasteiger partial charge is 0.358 e. The van der Waals surface area contributed by atoms with E-state index in [1.165, 1.54) is 0 Å². The first kappa shape index (κ1) is 16.7. The van der Waals surface area contributed by atoms with Gasteiger partial charge in [-0.3, -0.25) is 9.36 Å². The number of hydrogen-bond donors (Lipinski definition) is 0. The quantitative estimate of drug-likeness (QED) is 0.787. The highest BCUT2D eigenvalue weighted by molar-refractivity contribution is 5.88. The van der Waals surface area contributed by atoms with Gasteiger partial charge in [0.1, 0.15) is 0 Å². The lowest BCUT2D eigenvalue weighted by Gasteiger charge is -2.27. The molecule has 3 heterocycles. The van der Waals surface area contributed by atoms with Crippen LogP contribution in [0.15, 0.2) is 18.3 Å². The van der Waals surface area contributed by atoms with Crippen LogP contribution in [0.1, 0.15) is 50.6 Å². The summed E-state index contributed by atoms with van der Waals surface area (Å²) in [7, 11) is 0. The number of nitrogens with zero attached hydrogens (tertiary/aromatic N) is 4. The predicted molar refractivity (Wildman–Crippen MR) is 88.8 cm³/mol. The molecular formula is C17H24N4O3. The fourth-order valence-electron chi connectivity index (χ4n) is 3.22. The molecule has 0 radical (unpaired) electrons. The molecule has 1 aliphatic rings. The molecule has 0 amide bonds. The van der Waals surface area contributed by atoms with Gasteiger partial charge in [-0.05, 0) is 40.2 Å². The Morgan fingerprint density at radius 1 is 1.42 bits per heavy atom.